The van der Waals surface area contributed by atoms with E-state index in [1.54, 1.807) is 18.5 Å². The van der Waals surface area contributed by atoms with Gasteiger partial charge >= 0.3 is 0 Å². The van der Waals surface area contributed by atoms with Crippen molar-refractivity contribution in [1.82, 2.24) is 14.8 Å². The van der Waals surface area contributed by atoms with Crippen molar-refractivity contribution in [1.29, 1.82) is 5.26 Å². The Morgan fingerprint density at radius 3 is 3.06 bits per heavy atom. The molecule has 16 heavy (non-hydrogen) atoms. The van der Waals surface area contributed by atoms with Gasteiger partial charge in [0.05, 0.1) is 10.9 Å². The van der Waals surface area contributed by atoms with Crippen LogP contribution < -0.4 is 0 Å². The fourth-order valence-corrected chi connectivity index (χ4v) is 1.72. The van der Waals surface area contributed by atoms with Crippen LogP contribution in [0.2, 0.25) is 0 Å². The van der Waals surface area contributed by atoms with E-state index < -0.39 is 0 Å². The highest BCUT2D eigenvalue weighted by atomic mass is 16.2. The van der Waals surface area contributed by atoms with Gasteiger partial charge < -0.3 is 0 Å². The molecule has 0 bridgehead atoms. The summed E-state index contributed by atoms with van der Waals surface area (Å²) < 4.78 is 1.34. The molecule has 0 radical (unpaired) electrons. The molecule has 1 fully saturated rings. The lowest BCUT2D eigenvalue weighted by Gasteiger charge is -1.98. The number of aromatic nitrogens is 3. The molecule has 5 heteroatoms. The summed E-state index contributed by atoms with van der Waals surface area (Å²) in [6, 6.07) is 3.69. The van der Waals surface area contributed by atoms with E-state index >= 15 is 0 Å². The summed E-state index contributed by atoms with van der Waals surface area (Å²) in [4.78, 5) is 15.9. The third-order valence-corrected chi connectivity index (χ3v) is 2.72. The lowest BCUT2D eigenvalue weighted by Crippen LogP contribution is -2.14. The van der Waals surface area contributed by atoms with Crippen molar-refractivity contribution in [2.45, 2.75) is 12.8 Å². The van der Waals surface area contributed by atoms with Gasteiger partial charge in [-0.15, -0.1) is 0 Å². The maximum atomic E-state index is 11.9. The number of carbonyl (C=O) groups excluding carboxylic acids is 1. The molecule has 2 heterocycles. The van der Waals surface area contributed by atoms with Crippen molar-refractivity contribution in [3.8, 4) is 6.07 Å². The summed E-state index contributed by atoms with van der Waals surface area (Å²) in [6.45, 7) is 0. The maximum absolute atomic E-state index is 11.9. The Morgan fingerprint density at radius 2 is 2.38 bits per heavy atom. The molecule has 0 N–H and O–H groups in total. The number of carbonyl (C=O) groups is 1. The number of hydrogen-bond donors (Lipinski definition) is 0. The third kappa shape index (κ3) is 1.20. The van der Waals surface area contributed by atoms with E-state index in [2.05, 4.69) is 10.1 Å². The molecule has 1 aliphatic carbocycles. The SMILES string of the molecule is N#Cc1nn(C(=O)C2CC2)c2ccncc12. The molecule has 0 aliphatic heterocycles. The Hall–Kier alpha value is -2.22. The van der Waals surface area contributed by atoms with E-state index in [-0.39, 0.29) is 17.5 Å². The molecule has 0 aromatic carbocycles. The topological polar surface area (TPSA) is 71.6 Å². The van der Waals surface area contributed by atoms with Gasteiger partial charge in [-0.1, -0.05) is 0 Å². The van der Waals surface area contributed by atoms with Crippen LogP contribution in [-0.2, 0) is 0 Å². The van der Waals surface area contributed by atoms with Gasteiger partial charge in [-0.25, -0.2) is 0 Å². The van der Waals surface area contributed by atoms with Crippen molar-refractivity contribution >= 4 is 16.8 Å². The first-order valence-electron chi connectivity index (χ1n) is 5.08. The van der Waals surface area contributed by atoms with Gasteiger partial charge in [0.15, 0.2) is 5.69 Å². The monoisotopic (exact) mass is 212 g/mol. The van der Waals surface area contributed by atoms with E-state index in [0.29, 0.717) is 10.9 Å². The van der Waals surface area contributed by atoms with Crippen molar-refractivity contribution in [3.63, 3.8) is 0 Å². The van der Waals surface area contributed by atoms with Gasteiger partial charge in [0.1, 0.15) is 6.07 Å². The minimum atomic E-state index is -0.0160. The number of pyridine rings is 1. The summed E-state index contributed by atoms with van der Waals surface area (Å²) in [6.07, 6.45) is 5.01. The fraction of sp³-hybridized carbons (Fsp3) is 0.273. The standard InChI is InChI=1S/C11H8N4O/c12-5-9-8-6-13-4-3-10(8)15(14-9)11(16)7-1-2-7/h3-4,6-7H,1-2H2. The van der Waals surface area contributed by atoms with Crippen LogP contribution >= 0.6 is 0 Å². The largest absolute Gasteiger partial charge is 0.272 e. The lowest BCUT2D eigenvalue weighted by atomic mass is 10.2. The zero-order valence-corrected chi connectivity index (χ0v) is 8.42. The van der Waals surface area contributed by atoms with Crippen LogP contribution in [-0.4, -0.2) is 20.7 Å². The molecule has 1 saturated carbocycles. The minimum absolute atomic E-state index is 0.0160. The molecule has 3 rings (SSSR count). The van der Waals surface area contributed by atoms with Gasteiger partial charge in [-0.05, 0) is 18.9 Å². The molecule has 0 spiro atoms. The first-order valence-corrected chi connectivity index (χ1v) is 5.08. The zero-order valence-electron chi connectivity index (χ0n) is 8.42. The minimum Gasteiger partial charge on any atom is -0.272 e. The first kappa shape index (κ1) is 9.04. The van der Waals surface area contributed by atoms with Gasteiger partial charge in [0.2, 0.25) is 0 Å². The van der Waals surface area contributed by atoms with Crippen LogP contribution in [0.25, 0.3) is 10.9 Å². The number of nitriles is 1. The molecular weight excluding hydrogens is 204 g/mol. The van der Waals surface area contributed by atoms with Crippen LogP contribution in [0, 0.1) is 17.2 Å². The van der Waals surface area contributed by atoms with E-state index in [9.17, 15) is 4.79 Å². The normalized spacial score (nSPS) is 14.9. The van der Waals surface area contributed by atoms with Crippen molar-refractivity contribution < 1.29 is 4.79 Å². The average molecular weight is 212 g/mol. The van der Waals surface area contributed by atoms with Crippen LogP contribution in [0.1, 0.15) is 23.3 Å². The number of nitrogens with zero attached hydrogens (tertiary/aromatic N) is 4. The van der Waals surface area contributed by atoms with Crippen molar-refractivity contribution in [2.75, 3.05) is 0 Å². The smallest absolute Gasteiger partial charge is 0.250 e. The highest BCUT2D eigenvalue weighted by Crippen LogP contribution is 2.31. The molecule has 2 aromatic rings. The summed E-state index contributed by atoms with van der Waals surface area (Å²) in [5.41, 5.74) is 0.931. The van der Waals surface area contributed by atoms with E-state index in [4.69, 9.17) is 5.26 Å². The summed E-state index contributed by atoms with van der Waals surface area (Å²) in [5.74, 6) is 0.0699. The average Bonchev–Trinajstić information content (AvgIpc) is 3.09. The van der Waals surface area contributed by atoms with Crippen LogP contribution in [0.5, 0.6) is 0 Å². The molecule has 0 amide bonds. The number of hydrogen-bond acceptors (Lipinski definition) is 4. The molecule has 78 valence electrons. The highest BCUT2D eigenvalue weighted by molar-refractivity contribution is 5.94. The molecule has 5 nitrogen and oxygen atoms in total. The first-order chi connectivity index (χ1) is 7.81. The van der Waals surface area contributed by atoms with Gasteiger partial charge in [0, 0.05) is 18.3 Å². The number of fused-ring (bicyclic) bond motifs is 1. The molecule has 0 saturated heterocycles. The lowest BCUT2D eigenvalue weighted by molar-refractivity contribution is 0.0875. The quantitative estimate of drug-likeness (QED) is 0.715. The Balaban J connectivity index is 2.25. The van der Waals surface area contributed by atoms with E-state index in [0.717, 1.165) is 12.8 Å². The summed E-state index contributed by atoms with van der Waals surface area (Å²) in [5, 5.41) is 13.6. The molecular formula is C11H8N4O. The van der Waals surface area contributed by atoms with E-state index in [1.165, 1.54) is 4.68 Å². The Bertz CT molecular complexity index is 618. The Morgan fingerprint density at radius 1 is 1.56 bits per heavy atom. The van der Waals surface area contributed by atoms with Crippen molar-refractivity contribution in [3.05, 3.63) is 24.2 Å². The summed E-state index contributed by atoms with van der Waals surface area (Å²) in [7, 11) is 0. The van der Waals surface area contributed by atoms with Crippen molar-refractivity contribution in [2.24, 2.45) is 5.92 Å². The molecule has 0 unspecified atom stereocenters. The second-order valence-electron chi connectivity index (χ2n) is 3.88. The van der Waals surface area contributed by atoms with Crippen LogP contribution in [0.4, 0.5) is 0 Å². The second-order valence-corrected chi connectivity index (χ2v) is 3.88. The zero-order chi connectivity index (χ0) is 11.1. The number of rotatable bonds is 1. The third-order valence-electron chi connectivity index (χ3n) is 2.72. The Labute approximate surface area is 91.3 Å². The maximum Gasteiger partial charge on any atom is 0.250 e. The Kier molecular flexibility index (Phi) is 1.77. The predicted molar refractivity (Wildman–Crippen MR) is 55.6 cm³/mol. The molecule has 1 aliphatic rings. The highest BCUT2D eigenvalue weighted by Gasteiger charge is 2.32. The molecule has 0 atom stereocenters. The van der Waals surface area contributed by atoms with Crippen LogP contribution in [0.15, 0.2) is 18.5 Å². The van der Waals surface area contributed by atoms with E-state index in [1.807, 2.05) is 6.07 Å². The van der Waals surface area contributed by atoms with Gasteiger partial charge in [-0.2, -0.15) is 15.0 Å². The predicted octanol–water partition coefficient (Wildman–Crippen LogP) is 1.35. The molecule has 2 aromatic heterocycles. The van der Waals surface area contributed by atoms with Gasteiger partial charge in [-0.3, -0.25) is 9.78 Å². The van der Waals surface area contributed by atoms with Crippen LogP contribution in [0.3, 0.4) is 0 Å². The van der Waals surface area contributed by atoms with Gasteiger partial charge in [0.25, 0.3) is 5.91 Å². The fourth-order valence-electron chi connectivity index (χ4n) is 1.72. The summed E-state index contributed by atoms with van der Waals surface area (Å²) >= 11 is 0. The second kappa shape index (κ2) is 3.14.